The first kappa shape index (κ1) is 5.04. The molecule has 2 aromatic rings. The van der Waals surface area contributed by atoms with E-state index < -0.39 is 79.9 Å². The van der Waals surface area contributed by atoms with Crippen LogP contribution in [0.1, 0.15) is 33.8 Å². The molecule has 0 saturated heterocycles. The second-order valence-electron chi connectivity index (χ2n) is 3.82. The summed E-state index contributed by atoms with van der Waals surface area (Å²) in [6.45, 7) is -5.76. The average Bonchev–Trinajstić information content (AvgIpc) is 2.96. The Bertz CT molecular complexity index is 956. The van der Waals surface area contributed by atoms with Crippen molar-refractivity contribution in [3.63, 3.8) is 0 Å². The number of hydrogen-bond acceptors (Lipinski definition) is 3. The van der Waals surface area contributed by atoms with Crippen molar-refractivity contribution in [2.45, 2.75) is 6.10 Å². The summed E-state index contributed by atoms with van der Waals surface area (Å²) in [7, 11) is 2.85. The first-order valence-corrected chi connectivity index (χ1v) is 5.44. The van der Waals surface area contributed by atoms with Crippen LogP contribution in [0.2, 0.25) is 0 Å². The van der Waals surface area contributed by atoms with E-state index in [4.69, 9.17) is 21.2 Å². The summed E-state index contributed by atoms with van der Waals surface area (Å²) >= 11 is 0. The Hall–Kier alpha value is -1.65. The molecular formula is C15H21N3O. The standard InChI is InChI=1S/C15H21N3O/c1-17(2)11-12-19-15(13-7-5-4-6-8-13)14-9-10-16-18(14)3/h4-10,15H,11-12H2,1-3H3/i3D3,4D,5D,6D,7D,8D,9D,10D,11D2. The van der Waals surface area contributed by atoms with E-state index in [0.29, 0.717) is 4.68 Å². The molecule has 1 aromatic heterocycles. The largest absolute Gasteiger partial charge is 0.366 e. The van der Waals surface area contributed by atoms with E-state index in [2.05, 4.69) is 5.10 Å². The van der Waals surface area contributed by atoms with Gasteiger partial charge in [0.15, 0.2) is 0 Å². The summed E-state index contributed by atoms with van der Waals surface area (Å²) < 4.78 is 101. The zero-order valence-corrected chi connectivity index (χ0v) is 10.5. The minimum absolute atomic E-state index is 0.355. The highest BCUT2D eigenvalue weighted by atomic mass is 16.5. The zero-order valence-electron chi connectivity index (χ0n) is 22.5. The van der Waals surface area contributed by atoms with E-state index in [1.54, 1.807) is 0 Å². The van der Waals surface area contributed by atoms with E-state index in [1.807, 2.05) is 0 Å². The van der Waals surface area contributed by atoms with Gasteiger partial charge < -0.3 is 9.64 Å². The Morgan fingerprint density at radius 3 is 2.89 bits per heavy atom. The van der Waals surface area contributed by atoms with E-state index in [0.717, 1.165) is 0 Å². The molecule has 0 bridgehead atoms. The van der Waals surface area contributed by atoms with Crippen molar-refractivity contribution in [3.05, 3.63) is 53.7 Å². The van der Waals surface area contributed by atoms with Gasteiger partial charge in [0, 0.05) is 26.5 Å². The molecule has 2 rings (SSSR count). The molecule has 0 spiro atoms. The highest BCUT2D eigenvalue weighted by Crippen LogP contribution is 2.25. The van der Waals surface area contributed by atoms with E-state index in [-0.39, 0.29) is 0 Å². The van der Waals surface area contributed by atoms with Crippen LogP contribution < -0.4 is 0 Å². The van der Waals surface area contributed by atoms with Gasteiger partial charge in [-0.25, -0.2) is 0 Å². The summed E-state index contributed by atoms with van der Waals surface area (Å²) in [5, 5.41) is 3.53. The predicted molar refractivity (Wildman–Crippen MR) is 76.0 cm³/mol. The van der Waals surface area contributed by atoms with Gasteiger partial charge in [-0.2, -0.15) is 5.10 Å². The van der Waals surface area contributed by atoms with Gasteiger partial charge in [-0.1, -0.05) is 30.2 Å². The minimum Gasteiger partial charge on any atom is -0.366 e. The Morgan fingerprint density at radius 2 is 2.21 bits per heavy atom. The molecule has 1 unspecified atom stereocenters. The molecule has 19 heavy (non-hydrogen) atoms. The van der Waals surface area contributed by atoms with Crippen LogP contribution in [0.15, 0.2) is 42.4 Å². The molecule has 1 heterocycles. The Labute approximate surface area is 131 Å². The minimum atomic E-state index is -2.97. The zero-order chi connectivity index (χ0) is 24.0. The quantitative estimate of drug-likeness (QED) is 0.806. The van der Waals surface area contributed by atoms with E-state index >= 15 is 0 Å². The summed E-state index contributed by atoms with van der Waals surface area (Å²) in [5.41, 5.74) is -1.03. The van der Waals surface area contributed by atoms with Crippen LogP contribution in [0.4, 0.5) is 0 Å². The maximum atomic E-state index is 8.20. The highest BCUT2D eigenvalue weighted by molar-refractivity contribution is 5.25. The van der Waals surface area contributed by atoms with Crippen LogP contribution >= 0.6 is 0 Å². The third-order valence-corrected chi connectivity index (χ3v) is 2.22. The maximum Gasteiger partial charge on any atom is 0.124 e. The number of aryl methyl sites for hydroxylation is 1. The van der Waals surface area contributed by atoms with Crippen molar-refractivity contribution in [1.29, 1.82) is 0 Å². The predicted octanol–water partition coefficient (Wildman–Crippen LogP) is 2.09. The number of ether oxygens (including phenoxy) is 1. The summed E-state index contributed by atoms with van der Waals surface area (Å²) in [4.78, 5) is 1.17. The molecule has 0 fully saturated rings. The van der Waals surface area contributed by atoms with Crippen LogP contribution in [0, 0.1) is 0 Å². The molecule has 4 nitrogen and oxygen atoms in total. The van der Waals surface area contributed by atoms with Crippen LogP contribution in [-0.4, -0.2) is 41.9 Å². The van der Waals surface area contributed by atoms with Crippen LogP contribution in [0.25, 0.3) is 0 Å². The fourth-order valence-electron chi connectivity index (χ4n) is 1.36. The topological polar surface area (TPSA) is 30.3 Å². The molecule has 0 amide bonds. The number of hydrogen-bond donors (Lipinski definition) is 0. The van der Waals surface area contributed by atoms with Crippen molar-refractivity contribution >= 4 is 0 Å². The summed E-state index contributed by atoms with van der Waals surface area (Å²) in [5.74, 6) is 0. The molecule has 1 aromatic carbocycles. The molecule has 0 radical (unpaired) electrons. The molecule has 4 heteroatoms. The smallest absolute Gasteiger partial charge is 0.124 e. The Kier molecular flexibility index (Phi) is 1.72. The first-order chi connectivity index (χ1) is 14.0. The number of rotatable bonds is 6. The second-order valence-corrected chi connectivity index (χ2v) is 3.82. The fourth-order valence-corrected chi connectivity index (χ4v) is 1.36. The molecule has 1 atom stereocenters. The number of benzene rings is 1. The molecule has 102 valence electrons. The number of aromatic nitrogens is 2. The molecule has 0 N–H and O–H groups in total. The summed E-state index contributed by atoms with van der Waals surface area (Å²) in [6, 6.07) is -4.19. The van der Waals surface area contributed by atoms with Crippen LogP contribution in [0.5, 0.6) is 0 Å². The van der Waals surface area contributed by atoms with Gasteiger partial charge in [-0.3, -0.25) is 4.68 Å². The lowest BCUT2D eigenvalue weighted by Gasteiger charge is -2.20. The van der Waals surface area contributed by atoms with Gasteiger partial charge in [-0.15, -0.1) is 0 Å². The van der Waals surface area contributed by atoms with Crippen molar-refractivity contribution in [2.75, 3.05) is 27.2 Å². The highest BCUT2D eigenvalue weighted by Gasteiger charge is 2.17. The molecule has 0 aliphatic rings. The van der Waals surface area contributed by atoms with Gasteiger partial charge in [0.25, 0.3) is 0 Å². The first-order valence-electron chi connectivity index (χ1n) is 11.4. The normalized spacial score (nSPS) is 23.3. The van der Waals surface area contributed by atoms with Gasteiger partial charge in [0.2, 0.25) is 0 Å². The molecular weight excluding hydrogens is 238 g/mol. The lowest BCUT2D eigenvalue weighted by Crippen LogP contribution is -2.20. The number of nitrogens with zero attached hydrogens (tertiary/aromatic N) is 3. The SMILES string of the molecule is [2H]c1nn(C([2H])([2H])[2H])c(C(OCC([2H])([2H])N(C)C)c2c([2H])c([2H])c([2H])c([2H])c2[2H])c1[2H]. The Balaban J connectivity index is 2.84. The monoisotopic (exact) mass is 271 g/mol. The lowest BCUT2D eigenvalue weighted by atomic mass is 10.1. The fraction of sp³-hybridized carbons (Fsp3) is 0.400. The van der Waals surface area contributed by atoms with Gasteiger partial charge in [0.05, 0.1) is 21.9 Å². The lowest BCUT2D eigenvalue weighted by molar-refractivity contribution is 0.0638. The van der Waals surface area contributed by atoms with Gasteiger partial charge >= 0.3 is 0 Å². The Morgan fingerprint density at radius 1 is 1.42 bits per heavy atom. The number of likely N-dealkylation sites (N-methyl/N-ethyl adjacent to an activating group) is 1. The van der Waals surface area contributed by atoms with Crippen LogP contribution in [-0.2, 0) is 11.7 Å². The molecule has 0 aliphatic carbocycles. The van der Waals surface area contributed by atoms with Crippen LogP contribution in [0.3, 0.4) is 0 Å². The maximum absolute atomic E-state index is 8.20. The van der Waals surface area contributed by atoms with Crippen molar-refractivity contribution in [2.24, 2.45) is 6.98 Å². The van der Waals surface area contributed by atoms with Crippen molar-refractivity contribution < 1.29 is 21.2 Å². The third-order valence-electron chi connectivity index (χ3n) is 2.22. The molecule has 0 aliphatic heterocycles. The average molecular weight is 271 g/mol. The van der Waals surface area contributed by atoms with Gasteiger partial charge in [-0.05, 0) is 25.7 Å². The summed E-state index contributed by atoms with van der Waals surface area (Å²) in [6.07, 6.45) is -2.49. The third kappa shape index (κ3) is 3.66. The molecule has 0 saturated carbocycles. The van der Waals surface area contributed by atoms with E-state index in [1.165, 1.54) is 19.0 Å². The van der Waals surface area contributed by atoms with Gasteiger partial charge in [0.1, 0.15) is 6.10 Å². The van der Waals surface area contributed by atoms with Crippen molar-refractivity contribution in [1.82, 2.24) is 14.7 Å². The second kappa shape index (κ2) is 6.50. The van der Waals surface area contributed by atoms with E-state index in [9.17, 15) is 0 Å². The van der Waals surface area contributed by atoms with Crippen molar-refractivity contribution in [3.8, 4) is 0 Å².